The number of carboxylic acids is 1. The van der Waals surface area contributed by atoms with E-state index in [4.69, 9.17) is 9.84 Å². The lowest BCUT2D eigenvalue weighted by Crippen LogP contribution is -2.13. The highest BCUT2D eigenvalue weighted by Crippen LogP contribution is 2.28. The molecule has 1 amide bonds. The molecule has 0 aliphatic carbocycles. The van der Waals surface area contributed by atoms with Gasteiger partial charge in [-0.1, -0.05) is 15.9 Å². The molecule has 0 atom stereocenters. The van der Waals surface area contributed by atoms with Crippen LogP contribution in [0.1, 0.15) is 20.8 Å². The van der Waals surface area contributed by atoms with Crippen molar-refractivity contribution in [3.63, 3.8) is 0 Å². The van der Waals surface area contributed by atoms with Crippen molar-refractivity contribution in [3.8, 4) is 5.75 Å². The van der Waals surface area contributed by atoms with Gasteiger partial charge in [-0.2, -0.15) is 0 Å². The number of ether oxygens (including phenoxy) is 1. The number of carboxylic acid groups (broad SMARTS) is 1. The van der Waals surface area contributed by atoms with Crippen LogP contribution in [0.2, 0.25) is 0 Å². The van der Waals surface area contributed by atoms with E-state index in [2.05, 4.69) is 26.2 Å². The number of aromatic carboxylic acids is 1. The van der Waals surface area contributed by atoms with Crippen molar-refractivity contribution in [2.24, 2.45) is 0 Å². The van der Waals surface area contributed by atoms with Crippen LogP contribution in [0, 0.1) is 0 Å². The predicted octanol–water partition coefficient (Wildman–Crippen LogP) is 2.80. The van der Waals surface area contributed by atoms with Gasteiger partial charge in [0.2, 0.25) is 0 Å². The highest BCUT2D eigenvalue weighted by molar-refractivity contribution is 9.10. The number of halogens is 1. The van der Waals surface area contributed by atoms with E-state index in [1.54, 1.807) is 18.2 Å². The molecule has 1 aromatic carbocycles. The van der Waals surface area contributed by atoms with Crippen molar-refractivity contribution in [2.45, 2.75) is 0 Å². The average molecular weight is 351 g/mol. The molecule has 0 aliphatic heterocycles. The molecule has 0 aliphatic rings. The van der Waals surface area contributed by atoms with Gasteiger partial charge < -0.3 is 15.2 Å². The molecule has 2 N–H and O–H groups in total. The van der Waals surface area contributed by atoms with Crippen molar-refractivity contribution in [3.05, 3.63) is 52.3 Å². The summed E-state index contributed by atoms with van der Waals surface area (Å²) >= 11 is 3.31. The minimum Gasteiger partial charge on any atom is -0.495 e. The second-order valence-electron chi connectivity index (χ2n) is 4.04. The van der Waals surface area contributed by atoms with Crippen LogP contribution in [0.25, 0.3) is 0 Å². The van der Waals surface area contributed by atoms with Crippen molar-refractivity contribution in [1.29, 1.82) is 0 Å². The summed E-state index contributed by atoms with van der Waals surface area (Å²) in [5, 5.41) is 11.4. The Kier molecular flexibility index (Phi) is 4.54. The van der Waals surface area contributed by atoms with Crippen LogP contribution in [-0.2, 0) is 0 Å². The molecule has 0 fully saturated rings. The lowest BCUT2D eigenvalue weighted by atomic mass is 10.2. The maximum atomic E-state index is 12.1. The Labute approximate surface area is 128 Å². The Morgan fingerprint density at radius 3 is 2.62 bits per heavy atom. The number of anilines is 1. The summed E-state index contributed by atoms with van der Waals surface area (Å²) in [7, 11) is 1.50. The minimum atomic E-state index is -1.14. The summed E-state index contributed by atoms with van der Waals surface area (Å²) < 4.78 is 5.95. The van der Waals surface area contributed by atoms with E-state index in [0.717, 1.165) is 4.47 Å². The summed E-state index contributed by atoms with van der Waals surface area (Å²) in [5.74, 6) is -1.03. The molecule has 0 saturated carbocycles. The molecule has 7 heteroatoms. The van der Waals surface area contributed by atoms with Gasteiger partial charge >= 0.3 is 5.97 Å². The van der Waals surface area contributed by atoms with Crippen molar-refractivity contribution in [2.75, 3.05) is 12.4 Å². The van der Waals surface area contributed by atoms with Crippen LogP contribution in [0.15, 0.2) is 41.0 Å². The molecule has 21 heavy (non-hydrogen) atoms. The molecule has 0 spiro atoms. The molecule has 0 saturated heterocycles. The number of pyridine rings is 1. The van der Waals surface area contributed by atoms with Crippen LogP contribution >= 0.6 is 15.9 Å². The van der Waals surface area contributed by atoms with E-state index in [-0.39, 0.29) is 11.3 Å². The molecule has 2 rings (SSSR count). The number of benzene rings is 1. The Balaban J connectivity index is 2.21. The van der Waals surface area contributed by atoms with Crippen LogP contribution in [0.4, 0.5) is 5.69 Å². The zero-order valence-electron chi connectivity index (χ0n) is 11.0. The van der Waals surface area contributed by atoms with Gasteiger partial charge in [-0.15, -0.1) is 0 Å². The van der Waals surface area contributed by atoms with Gasteiger partial charge in [0, 0.05) is 10.7 Å². The van der Waals surface area contributed by atoms with E-state index in [0.29, 0.717) is 11.4 Å². The first-order valence-corrected chi connectivity index (χ1v) is 6.65. The Hall–Kier alpha value is -2.41. The first-order valence-electron chi connectivity index (χ1n) is 5.85. The van der Waals surface area contributed by atoms with Gasteiger partial charge in [-0.05, 0) is 30.3 Å². The largest absolute Gasteiger partial charge is 0.495 e. The van der Waals surface area contributed by atoms with Crippen molar-refractivity contribution < 1.29 is 19.4 Å². The van der Waals surface area contributed by atoms with Crippen molar-refractivity contribution in [1.82, 2.24) is 4.98 Å². The maximum absolute atomic E-state index is 12.1. The normalized spacial score (nSPS) is 10.0. The summed E-state index contributed by atoms with van der Waals surface area (Å²) in [6.07, 6.45) is 1.21. The quantitative estimate of drug-likeness (QED) is 0.884. The van der Waals surface area contributed by atoms with E-state index >= 15 is 0 Å². The van der Waals surface area contributed by atoms with Gasteiger partial charge in [0.25, 0.3) is 5.91 Å². The zero-order chi connectivity index (χ0) is 15.4. The molecule has 2 aromatic rings. The number of hydrogen-bond acceptors (Lipinski definition) is 4. The van der Waals surface area contributed by atoms with Crippen molar-refractivity contribution >= 4 is 33.5 Å². The minimum absolute atomic E-state index is 0.119. The number of rotatable bonds is 4. The van der Waals surface area contributed by atoms with E-state index < -0.39 is 11.9 Å². The van der Waals surface area contributed by atoms with Gasteiger partial charge in [-0.3, -0.25) is 4.79 Å². The second kappa shape index (κ2) is 6.36. The number of nitrogens with zero attached hydrogens (tertiary/aromatic N) is 1. The smallest absolute Gasteiger partial charge is 0.354 e. The summed E-state index contributed by atoms with van der Waals surface area (Å²) in [4.78, 5) is 26.5. The number of carbonyl (C=O) groups is 2. The van der Waals surface area contributed by atoms with Crippen LogP contribution < -0.4 is 10.1 Å². The van der Waals surface area contributed by atoms with Crippen LogP contribution in [-0.4, -0.2) is 29.1 Å². The molecule has 0 bridgehead atoms. The van der Waals surface area contributed by atoms with Crippen LogP contribution in [0.5, 0.6) is 5.75 Å². The fourth-order valence-corrected chi connectivity index (χ4v) is 1.99. The molecule has 6 nitrogen and oxygen atoms in total. The highest BCUT2D eigenvalue weighted by Gasteiger charge is 2.12. The zero-order valence-corrected chi connectivity index (χ0v) is 12.5. The molecule has 1 heterocycles. The lowest BCUT2D eigenvalue weighted by Gasteiger charge is -2.10. The monoisotopic (exact) mass is 350 g/mol. The Morgan fingerprint density at radius 1 is 1.29 bits per heavy atom. The van der Waals surface area contributed by atoms with Gasteiger partial charge in [0.1, 0.15) is 11.4 Å². The Bertz CT molecular complexity index is 686. The van der Waals surface area contributed by atoms with Gasteiger partial charge in [0.05, 0.1) is 18.4 Å². The molecule has 0 radical (unpaired) electrons. The number of nitrogens with one attached hydrogen (secondary N) is 1. The van der Waals surface area contributed by atoms with Gasteiger partial charge in [0.15, 0.2) is 0 Å². The maximum Gasteiger partial charge on any atom is 0.354 e. The second-order valence-corrected chi connectivity index (χ2v) is 4.95. The summed E-state index contributed by atoms with van der Waals surface area (Å²) in [5.41, 5.74) is 0.632. The van der Waals surface area contributed by atoms with E-state index in [1.165, 1.54) is 25.4 Å². The average Bonchev–Trinajstić information content (AvgIpc) is 2.47. The molecular weight excluding hydrogens is 340 g/mol. The number of methoxy groups -OCH3 is 1. The van der Waals surface area contributed by atoms with Crippen LogP contribution in [0.3, 0.4) is 0 Å². The third kappa shape index (κ3) is 3.57. The molecular formula is C14H11BrN2O4. The molecule has 1 aromatic heterocycles. The van der Waals surface area contributed by atoms with E-state index in [1.807, 2.05) is 0 Å². The number of hydrogen-bond donors (Lipinski definition) is 2. The summed E-state index contributed by atoms with van der Waals surface area (Å²) in [6.45, 7) is 0. The standard InChI is InChI=1S/C14H11BrN2O4/c1-21-12-5-3-9(15)6-11(12)17-13(18)8-2-4-10(14(19)20)16-7-8/h2-7H,1H3,(H,17,18)(H,19,20). The highest BCUT2D eigenvalue weighted by atomic mass is 79.9. The molecule has 108 valence electrons. The first kappa shape index (κ1) is 15.0. The summed E-state index contributed by atoms with van der Waals surface area (Å²) in [6, 6.07) is 7.88. The SMILES string of the molecule is COc1ccc(Br)cc1NC(=O)c1ccc(C(=O)O)nc1. The fourth-order valence-electron chi connectivity index (χ4n) is 1.63. The number of amides is 1. The fraction of sp³-hybridized carbons (Fsp3) is 0.0714. The predicted molar refractivity (Wildman–Crippen MR) is 79.8 cm³/mol. The molecule has 0 unspecified atom stereocenters. The third-order valence-electron chi connectivity index (χ3n) is 2.65. The van der Waals surface area contributed by atoms with Gasteiger partial charge in [-0.25, -0.2) is 9.78 Å². The van der Waals surface area contributed by atoms with E-state index in [9.17, 15) is 9.59 Å². The number of aromatic nitrogens is 1. The first-order chi connectivity index (χ1) is 10.0. The Morgan fingerprint density at radius 2 is 2.05 bits per heavy atom. The number of carbonyl (C=O) groups excluding carboxylic acids is 1. The lowest BCUT2D eigenvalue weighted by molar-refractivity contribution is 0.0690. The topological polar surface area (TPSA) is 88.5 Å². The third-order valence-corrected chi connectivity index (χ3v) is 3.15.